The Bertz CT molecular complexity index is 969. The number of rotatable bonds is 7. The lowest BCUT2D eigenvalue weighted by atomic mass is 10.1. The quantitative estimate of drug-likeness (QED) is 0.658. The van der Waals surface area contributed by atoms with E-state index in [-0.39, 0.29) is 18.0 Å². The number of benzene rings is 2. The van der Waals surface area contributed by atoms with E-state index in [2.05, 4.69) is 81.2 Å². The molecule has 0 radical (unpaired) electrons. The second-order valence-electron chi connectivity index (χ2n) is 7.67. The van der Waals surface area contributed by atoms with Crippen LogP contribution in [0.25, 0.3) is 6.08 Å². The molecule has 2 atom stereocenters. The van der Waals surface area contributed by atoms with Crippen molar-refractivity contribution in [2.24, 2.45) is 0 Å². The molecule has 1 aliphatic heterocycles. The van der Waals surface area contributed by atoms with Crippen molar-refractivity contribution in [1.82, 2.24) is 30.4 Å². The fourth-order valence-corrected chi connectivity index (χ4v) is 3.78. The highest BCUT2D eigenvalue weighted by Crippen LogP contribution is 2.26. The summed E-state index contributed by atoms with van der Waals surface area (Å²) in [6.45, 7) is 4.00. The maximum atomic E-state index is 13.0. The number of hydrogen-bond donors (Lipinski definition) is 1. The van der Waals surface area contributed by atoms with E-state index in [1.54, 1.807) is 11.0 Å². The predicted molar refractivity (Wildman–Crippen MR) is 115 cm³/mol. The van der Waals surface area contributed by atoms with Crippen molar-refractivity contribution in [1.29, 1.82) is 0 Å². The fourth-order valence-electron chi connectivity index (χ4n) is 3.78. The average Bonchev–Trinajstić information content (AvgIpc) is 3.44. The van der Waals surface area contributed by atoms with Gasteiger partial charge >= 0.3 is 0 Å². The van der Waals surface area contributed by atoms with Gasteiger partial charge in [0.15, 0.2) is 0 Å². The van der Waals surface area contributed by atoms with Gasteiger partial charge in [0.25, 0.3) is 0 Å². The SMILES string of the molecule is Cc1ccc(CNC(=O)[C@@H]2C[C@H](n3cnnn3)CN2C/C=C/c2ccccc2)cc1. The van der Waals surface area contributed by atoms with Crippen LogP contribution in [0, 0.1) is 6.92 Å². The van der Waals surface area contributed by atoms with Crippen LogP contribution in [0.3, 0.4) is 0 Å². The number of nitrogens with zero attached hydrogens (tertiary/aromatic N) is 5. The van der Waals surface area contributed by atoms with E-state index >= 15 is 0 Å². The van der Waals surface area contributed by atoms with Gasteiger partial charge in [-0.3, -0.25) is 9.69 Å². The first-order chi connectivity index (χ1) is 14.7. The first kappa shape index (κ1) is 20.0. The third-order valence-electron chi connectivity index (χ3n) is 5.46. The van der Waals surface area contributed by atoms with Gasteiger partial charge in [-0.2, -0.15) is 0 Å². The lowest BCUT2D eigenvalue weighted by Crippen LogP contribution is -2.43. The topological polar surface area (TPSA) is 75.9 Å². The van der Waals surface area contributed by atoms with Gasteiger partial charge in [-0.05, 0) is 34.9 Å². The third-order valence-corrected chi connectivity index (χ3v) is 5.46. The third kappa shape index (κ3) is 4.99. The standard InChI is InChI=1S/C23H26N6O/c1-18-9-11-20(12-10-18)15-24-23(30)22-14-21(29-17-25-26-27-29)16-28(22)13-5-8-19-6-3-2-4-7-19/h2-12,17,21-22H,13-16H2,1H3,(H,24,30)/b8-5+/t21-,22-/m0/s1. The van der Waals surface area contributed by atoms with Crippen LogP contribution in [0.2, 0.25) is 0 Å². The summed E-state index contributed by atoms with van der Waals surface area (Å²) in [5, 5.41) is 14.6. The molecule has 154 valence electrons. The number of aromatic nitrogens is 4. The average molecular weight is 403 g/mol. The highest BCUT2D eigenvalue weighted by Gasteiger charge is 2.37. The second-order valence-corrected chi connectivity index (χ2v) is 7.67. The summed E-state index contributed by atoms with van der Waals surface area (Å²) < 4.78 is 1.75. The Morgan fingerprint density at radius 1 is 1.17 bits per heavy atom. The van der Waals surface area contributed by atoms with Gasteiger partial charge in [-0.15, -0.1) is 5.10 Å². The molecule has 1 saturated heterocycles. The Labute approximate surface area is 176 Å². The molecule has 2 heterocycles. The van der Waals surface area contributed by atoms with E-state index in [9.17, 15) is 4.79 Å². The van der Waals surface area contributed by atoms with Crippen LogP contribution < -0.4 is 5.32 Å². The maximum absolute atomic E-state index is 13.0. The number of nitrogens with one attached hydrogen (secondary N) is 1. The van der Waals surface area contributed by atoms with Crippen molar-refractivity contribution in [3.05, 3.63) is 83.7 Å². The molecule has 7 heteroatoms. The van der Waals surface area contributed by atoms with Crippen molar-refractivity contribution in [3.63, 3.8) is 0 Å². The first-order valence-corrected chi connectivity index (χ1v) is 10.2. The molecule has 3 aromatic rings. The van der Waals surface area contributed by atoms with Gasteiger partial charge in [-0.1, -0.05) is 72.3 Å². The number of hydrogen-bond acceptors (Lipinski definition) is 5. The molecule has 1 amide bonds. The summed E-state index contributed by atoms with van der Waals surface area (Å²) >= 11 is 0. The molecular formula is C23H26N6O. The lowest BCUT2D eigenvalue weighted by molar-refractivity contribution is -0.125. The molecule has 1 N–H and O–H groups in total. The van der Waals surface area contributed by atoms with Crippen molar-refractivity contribution < 1.29 is 4.79 Å². The zero-order chi connectivity index (χ0) is 20.8. The van der Waals surface area contributed by atoms with Gasteiger partial charge in [-0.25, -0.2) is 4.68 Å². The van der Waals surface area contributed by atoms with Crippen molar-refractivity contribution in [2.75, 3.05) is 13.1 Å². The van der Waals surface area contributed by atoms with Gasteiger partial charge in [0.1, 0.15) is 6.33 Å². The Morgan fingerprint density at radius 3 is 2.70 bits per heavy atom. The molecule has 30 heavy (non-hydrogen) atoms. The number of tetrazole rings is 1. The minimum atomic E-state index is -0.218. The van der Waals surface area contributed by atoms with Crippen molar-refractivity contribution in [3.8, 4) is 0 Å². The molecular weight excluding hydrogens is 376 g/mol. The number of likely N-dealkylation sites (tertiary alicyclic amines) is 1. The molecule has 0 spiro atoms. The van der Waals surface area contributed by atoms with Gasteiger partial charge < -0.3 is 5.32 Å². The molecule has 0 unspecified atom stereocenters. The van der Waals surface area contributed by atoms with Gasteiger partial charge in [0, 0.05) is 19.6 Å². The summed E-state index contributed by atoms with van der Waals surface area (Å²) in [6, 6.07) is 18.3. The summed E-state index contributed by atoms with van der Waals surface area (Å²) in [6.07, 6.45) is 6.50. The highest BCUT2D eigenvalue weighted by atomic mass is 16.2. The zero-order valence-corrected chi connectivity index (χ0v) is 17.1. The molecule has 1 aromatic heterocycles. The maximum Gasteiger partial charge on any atom is 0.237 e. The lowest BCUT2D eigenvalue weighted by Gasteiger charge is -2.22. The second kappa shape index (κ2) is 9.45. The van der Waals surface area contributed by atoms with Crippen LogP contribution in [-0.4, -0.2) is 50.1 Å². The minimum Gasteiger partial charge on any atom is -0.351 e. The summed E-state index contributed by atoms with van der Waals surface area (Å²) in [4.78, 5) is 15.2. The highest BCUT2D eigenvalue weighted by molar-refractivity contribution is 5.82. The molecule has 1 aliphatic rings. The minimum absolute atomic E-state index is 0.0410. The Kier molecular flexibility index (Phi) is 6.29. The normalized spacial score (nSPS) is 19.4. The molecule has 7 nitrogen and oxygen atoms in total. The number of carbonyl (C=O) groups is 1. The van der Waals surface area contributed by atoms with E-state index in [1.807, 2.05) is 18.2 Å². The zero-order valence-electron chi connectivity index (χ0n) is 17.1. The van der Waals surface area contributed by atoms with Gasteiger partial charge in [0.05, 0.1) is 12.1 Å². The molecule has 2 aromatic carbocycles. The smallest absolute Gasteiger partial charge is 0.237 e. The largest absolute Gasteiger partial charge is 0.351 e. The van der Waals surface area contributed by atoms with Gasteiger partial charge in [0.2, 0.25) is 5.91 Å². The molecule has 1 fully saturated rings. The van der Waals surface area contributed by atoms with E-state index in [0.717, 1.165) is 17.7 Å². The van der Waals surface area contributed by atoms with Crippen LogP contribution in [0.5, 0.6) is 0 Å². The Hall–Kier alpha value is -3.32. The summed E-state index contributed by atoms with van der Waals surface area (Å²) in [7, 11) is 0. The van der Waals surface area contributed by atoms with Crippen LogP contribution in [-0.2, 0) is 11.3 Å². The Balaban J connectivity index is 1.42. The Morgan fingerprint density at radius 2 is 1.97 bits per heavy atom. The summed E-state index contributed by atoms with van der Waals surface area (Å²) in [5.41, 5.74) is 3.45. The van der Waals surface area contributed by atoms with Crippen LogP contribution in [0.1, 0.15) is 29.2 Å². The van der Waals surface area contributed by atoms with Crippen LogP contribution >= 0.6 is 0 Å². The molecule has 4 rings (SSSR count). The van der Waals surface area contributed by atoms with E-state index in [0.29, 0.717) is 19.5 Å². The molecule has 0 saturated carbocycles. The monoisotopic (exact) mass is 402 g/mol. The number of aryl methyl sites for hydroxylation is 1. The predicted octanol–water partition coefficient (Wildman–Crippen LogP) is 2.63. The first-order valence-electron chi connectivity index (χ1n) is 10.2. The van der Waals surface area contributed by atoms with Crippen molar-refractivity contribution in [2.45, 2.75) is 32.0 Å². The summed E-state index contributed by atoms with van der Waals surface area (Å²) in [5.74, 6) is 0.0410. The van der Waals surface area contributed by atoms with Crippen LogP contribution in [0.4, 0.5) is 0 Å². The van der Waals surface area contributed by atoms with Crippen molar-refractivity contribution >= 4 is 12.0 Å². The number of carbonyl (C=O) groups excluding carboxylic acids is 1. The fraction of sp³-hybridized carbons (Fsp3) is 0.304. The number of amides is 1. The van der Waals surface area contributed by atoms with E-state index < -0.39 is 0 Å². The molecule has 0 bridgehead atoms. The van der Waals surface area contributed by atoms with E-state index in [4.69, 9.17) is 0 Å². The molecule has 0 aliphatic carbocycles. The van der Waals surface area contributed by atoms with E-state index in [1.165, 1.54) is 5.56 Å². The van der Waals surface area contributed by atoms with Crippen LogP contribution in [0.15, 0.2) is 67.0 Å².